The Hall–Kier alpha value is -1.71. The summed E-state index contributed by atoms with van der Waals surface area (Å²) < 4.78 is 0. The van der Waals surface area contributed by atoms with Gasteiger partial charge in [-0.3, -0.25) is 15.1 Å². The normalized spacial score (nSPS) is 10.0. The van der Waals surface area contributed by atoms with Crippen LogP contribution in [0, 0.1) is 0 Å². The third-order valence-corrected chi connectivity index (χ3v) is 1.55. The van der Waals surface area contributed by atoms with Gasteiger partial charge in [0.2, 0.25) is 0 Å². The van der Waals surface area contributed by atoms with Gasteiger partial charge in [-0.25, -0.2) is 0 Å². The van der Waals surface area contributed by atoms with Crippen LogP contribution in [0.3, 0.4) is 0 Å². The van der Waals surface area contributed by atoms with E-state index in [2.05, 4.69) is 20.2 Å². The van der Waals surface area contributed by atoms with Crippen LogP contribution in [0.2, 0.25) is 0 Å². The van der Waals surface area contributed by atoms with E-state index in [9.17, 15) is 0 Å². The summed E-state index contributed by atoms with van der Waals surface area (Å²) in [6.45, 7) is 0. The van der Waals surface area contributed by atoms with Gasteiger partial charge < -0.3 is 0 Å². The van der Waals surface area contributed by atoms with E-state index in [0.29, 0.717) is 0 Å². The molecule has 2 heterocycles. The molecule has 0 fully saturated rings. The first kappa shape index (κ1) is 6.97. The lowest BCUT2D eigenvalue weighted by Crippen LogP contribution is -1.92. The van der Waals surface area contributed by atoms with E-state index < -0.39 is 0 Å². The maximum atomic E-state index is 4.14. The highest BCUT2D eigenvalue weighted by atomic mass is 15.1. The summed E-state index contributed by atoms with van der Waals surface area (Å²) in [6, 6.07) is 1.93. The second-order valence-corrected chi connectivity index (χ2v) is 2.46. The van der Waals surface area contributed by atoms with Crippen molar-refractivity contribution in [3.05, 3.63) is 42.2 Å². The molecule has 2 aromatic heterocycles. The quantitative estimate of drug-likeness (QED) is 0.706. The van der Waals surface area contributed by atoms with Gasteiger partial charge in [0.05, 0.1) is 5.69 Å². The molecule has 0 amide bonds. The van der Waals surface area contributed by atoms with E-state index in [-0.39, 0.29) is 0 Å². The minimum absolute atomic E-state index is 0.758. The van der Waals surface area contributed by atoms with Crippen LogP contribution in [0.4, 0.5) is 0 Å². The number of H-pyrrole nitrogens is 1. The number of aromatic amines is 1. The largest absolute Gasteiger partial charge is 0.282 e. The maximum Gasteiger partial charge on any atom is 0.0645 e. The van der Waals surface area contributed by atoms with Gasteiger partial charge in [-0.1, -0.05) is 0 Å². The van der Waals surface area contributed by atoms with E-state index in [1.54, 1.807) is 24.8 Å². The van der Waals surface area contributed by atoms with Crippen molar-refractivity contribution < 1.29 is 0 Å². The molecule has 0 aliphatic heterocycles. The minimum atomic E-state index is 0.758. The topological polar surface area (TPSA) is 54.5 Å². The first-order valence-electron chi connectivity index (χ1n) is 3.68. The van der Waals surface area contributed by atoms with Crippen molar-refractivity contribution in [2.75, 3.05) is 0 Å². The Morgan fingerprint density at radius 3 is 2.92 bits per heavy atom. The Morgan fingerprint density at radius 1 is 1.25 bits per heavy atom. The van der Waals surface area contributed by atoms with Crippen molar-refractivity contribution >= 4 is 0 Å². The number of nitrogens with one attached hydrogen (secondary N) is 1. The minimum Gasteiger partial charge on any atom is -0.282 e. The molecule has 0 saturated heterocycles. The van der Waals surface area contributed by atoms with E-state index >= 15 is 0 Å². The molecule has 0 aromatic carbocycles. The predicted octanol–water partition coefficient (Wildman–Crippen LogP) is 0.790. The van der Waals surface area contributed by atoms with Gasteiger partial charge in [-0.2, -0.15) is 5.10 Å². The second kappa shape index (κ2) is 3.13. The Kier molecular flexibility index (Phi) is 1.82. The molecule has 4 nitrogen and oxygen atoms in total. The molecule has 1 N–H and O–H groups in total. The highest BCUT2D eigenvalue weighted by molar-refractivity contribution is 5.09. The van der Waals surface area contributed by atoms with Crippen molar-refractivity contribution in [3.8, 4) is 0 Å². The molecule has 0 bridgehead atoms. The molecule has 0 unspecified atom stereocenters. The van der Waals surface area contributed by atoms with Crippen LogP contribution in [-0.2, 0) is 6.42 Å². The SMILES string of the molecule is c1cnc(Cc2ccn[nH]2)cn1. The lowest BCUT2D eigenvalue weighted by Gasteiger charge is -1.94. The number of aromatic nitrogens is 4. The fraction of sp³-hybridized carbons (Fsp3) is 0.125. The summed E-state index contributed by atoms with van der Waals surface area (Å²) in [5.74, 6) is 0. The van der Waals surface area contributed by atoms with Gasteiger partial charge in [0.25, 0.3) is 0 Å². The molecule has 12 heavy (non-hydrogen) atoms. The van der Waals surface area contributed by atoms with Gasteiger partial charge in [-0.05, 0) is 6.07 Å². The summed E-state index contributed by atoms with van der Waals surface area (Å²) in [5.41, 5.74) is 2.00. The third-order valence-electron chi connectivity index (χ3n) is 1.55. The summed E-state index contributed by atoms with van der Waals surface area (Å²) in [4.78, 5) is 8.11. The summed E-state index contributed by atoms with van der Waals surface area (Å²) >= 11 is 0. The first-order chi connectivity index (χ1) is 5.95. The van der Waals surface area contributed by atoms with Crippen LogP contribution >= 0.6 is 0 Å². The number of nitrogens with zero attached hydrogens (tertiary/aromatic N) is 3. The van der Waals surface area contributed by atoms with E-state index in [4.69, 9.17) is 0 Å². The van der Waals surface area contributed by atoms with Gasteiger partial charge in [0.15, 0.2) is 0 Å². The molecular formula is C8H8N4. The summed E-state index contributed by atoms with van der Waals surface area (Å²) in [6.07, 6.45) is 7.59. The lowest BCUT2D eigenvalue weighted by atomic mass is 10.2. The van der Waals surface area contributed by atoms with Crippen molar-refractivity contribution in [2.45, 2.75) is 6.42 Å². The zero-order valence-electron chi connectivity index (χ0n) is 6.44. The van der Waals surface area contributed by atoms with Crippen LogP contribution in [0.25, 0.3) is 0 Å². The number of hydrogen-bond acceptors (Lipinski definition) is 3. The highest BCUT2D eigenvalue weighted by Gasteiger charge is 1.96. The molecule has 0 radical (unpaired) electrons. The van der Waals surface area contributed by atoms with Crippen LogP contribution in [0.5, 0.6) is 0 Å². The van der Waals surface area contributed by atoms with Gasteiger partial charge in [0.1, 0.15) is 0 Å². The monoisotopic (exact) mass is 160 g/mol. The van der Waals surface area contributed by atoms with E-state index in [1.807, 2.05) is 6.07 Å². The Bertz CT molecular complexity index is 327. The predicted molar refractivity (Wildman–Crippen MR) is 43.4 cm³/mol. The highest BCUT2D eigenvalue weighted by Crippen LogP contribution is 2.00. The van der Waals surface area contributed by atoms with Crippen LogP contribution in [-0.4, -0.2) is 20.2 Å². The van der Waals surface area contributed by atoms with E-state index in [0.717, 1.165) is 17.8 Å². The number of rotatable bonds is 2. The molecule has 2 aromatic rings. The maximum absolute atomic E-state index is 4.14. The molecule has 0 aliphatic rings. The zero-order valence-corrected chi connectivity index (χ0v) is 6.44. The molecule has 0 atom stereocenters. The molecule has 0 spiro atoms. The fourth-order valence-corrected chi connectivity index (χ4v) is 1.000. The molecule has 0 saturated carbocycles. The molecule has 60 valence electrons. The smallest absolute Gasteiger partial charge is 0.0645 e. The van der Waals surface area contributed by atoms with Crippen LogP contribution in [0.1, 0.15) is 11.4 Å². The second-order valence-electron chi connectivity index (χ2n) is 2.46. The summed E-state index contributed by atoms with van der Waals surface area (Å²) in [7, 11) is 0. The zero-order chi connectivity index (χ0) is 8.23. The molecule has 0 aliphatic carbocycles. The average molecular weight is 160 g/mol. The molecule has 2 rings (SSSR count). The molecule has 4 heteroatoms. The standard InChI is InChI=1S/C8H8N4/c1-2-11-12-7(1)5-8-6-9-3-4-10-8/h1-4,6H,5H2,(H,11,12). The van der Waals surface area contributed by atoms with Crippen LogP contribution in [0.15, 0.2) is 30.9 Å². The third kappa shape index (κ3) is 1.47. The van der Waals surface area contributed by atoms with E-state index in [1.165, 1.54) is 0 Å². The van der Waals surface area contributed by atoms with Crippen molar-refractivity contribution in [1.29, 1.82) is 0 Å². The first-order valence-corrected chi connectivity index (χ1v) is 3.68. The molecular weight excluding hydrogens is 152 g/mol. The van der Waals surface area contributed by atoms with Gasteiger partial charge in [0, 0.05) is 36.9 Å². The Morgan fingerprint density at radius 2 is 2.25 bits per heavy atom. The van der Waals surface area contributed by atoms with Gasteiger partial charge >= 0.3 is 0 Å². The lowest BCUT2D eigenvalue weighted by molar-refractivity contribution is 0.953. The van der Waals surface area contributed by atoms with Crippen molar-refractivity contribution in [3.63, 3.8) is 0 Å². The fourth-order valence-electron chi connectivity index (χ4n) is 1.000. The Balaban J connectivity index is 2.15. The average Bonchev–Trinajstić information content (AvgIpc) is 2.59. The van der Waals surface area contributed by atoms with Crippen molar-refractivity contribution in [1.82, 2.24) is 20.2 Å². The van der Waals surface area contributed by atoms with Crippen LogP contribution < -0.4 is 0 Å². The number of hydrogen-bond donors (Lipinski definition) is 1. The Labute approximate surface area is 69.7 Å². The summed E-state index contributed by atoms with van der Waals surface area (Å²) in [5, 5.41) is 6.71. The van der Waals surface area contributed by atoms with Crippen molar-refractivity contribution in [2.24, 2.45) is 0 Å². The van der Waals surface area contributed by atoms with Gasteiger partial charge in [-0.15, -0.1) is 0 Å².